The van der Waals surface area contributed by atoms with Crippen molar-refractivity contribution in [2.75, 3.05) is 7.05 Å². The molecule has 0 radical (unpaired) electrons. The number of likely N-dealkylation sites (tertiary alicyclic amines) is 1. The molecule has 1 amide bonds. The molecule has 0 spiro atoms. The number of amides is 1. The molecule has 0 bridgehead atoms. The van der Waals surface area contributed by atoms with Gasteiger partial charge in [-0.05, 0) is 23.3 Å². The third-order valence-corrected chi connectivity index (χ3v) is 4.41. The average molecular weight is 297 g/mol. The highest BCUT2D eigenvalue weighted by atomic mass is 16.3. The number of benzene rings is 2. The van der Waals surface area contributed by atoms with Crippen LogP contribution in [0.3, 0.4) is 0 Å². The Kier molecular flexibility index (Phi) is 3.86. The molecule has 0 saturated carbocycles. The molecule has 2 N–H and O–H groups in total. The van der Waals surface area contributed by atoms with E-state index in [1.54, 1.807) is 36.2 Å². The van der Waals surface area contributed by atoms with Crippen LogP contribution in [0.15, 0.2) is 54.6 Å². The van der Waals surface area contributed by atoms with Crippen molar-refractivity contribution < 1.29 is 15.0 Å². The number of aromatic hydroxyl groups is 1. The van der Waals surface area contributed by atoms with E-state index in [9.17, 15) is 15.0 Å². The van der Waals surface area contributed by atoms with Crippen molar-refractivity contribution in [2.45, 2.75) is 24.5 Å². The largest absolute Gasteiger partial charge is 0.508 e. The normalized spacial score (nSPS) is 22.8. The molecule has 3 atom stereocenters. The van der Waals surface area contributed by atoms with Gasteiger partial charge >= 0.3 is 0 Å². The predicted octanol–water partition coefficient (Wildman–Crippen LogP) is 2.44. The Morgan fingerprint density at radius 1 is 1.14 bits per heavy atom. The third-order valence-electron chi connectivity index (χ3n) is 4.41. The first kappa shape index (κ1) is 14.6. The van der Waals surface area contributed by atoms with E-state index >= 15 is 0 Å². The van der Waals surface area contributed by atoms with E-state index in [-0.39, 0.29) is 23.6 Å². The number of hydrogen-bond acceptors (Lipinski definition) is 3. The number of phenolic OH excluding ortho intramolecular Hbond substituents is 1. The molecule has 114 valence electrons. The van der Waals surface area contributed by atoms with Gasteiger partial charge in [-0.25, -0.2) is 0 Å². The van der Waals surface area contributed by atoms with Crippen LogP contribution >= 0.6 is 0 Å². The first-order valence-corrected chi connectivity index (χ1v) is 7.35. The van der Waals surface area contributed by atoms with Crippen molar-refractivity contribution in [1.82, 2.24) is 4.90 Å². The highest BCUT2D eigenvalue weighted by molar-refractivity contribution is 5.80. The third kappa shape index (κ3) is 2.57. The van der Waals surface area contributed by atoms with E-state index < -0.39 is 6.10 Å². The zero-order valence-electron chi connectivity index (χ0n) is 12.4. The van der Waals surface area contributed by atoms with Gasteiger partial charge in [0.1, 0.15) is 11.9 Å². The molecule has 3 rings (SSSR count). The minimum atomic E-state index is -0.839. The summed E-state index contributed by atoms with van der Waals surface area (Å²) in [6.07, 6.45) is -0.449. The quantitative estimate of drug-likeness (QED) is 0.915. The van der Waals surface area contributed by atoms with Crippen LogP contribution in [-0.2, 0) is 4.79 Å². The molecule has 2 aromatic carbocycles. The zero-order valence-corrected chi connectivity index (χ0v) is 12.4. The van der Waals surface area contributed by atoms with Crippen molar-refractivity contribution in [3.05, 3.63) is 65.7 Å². The maximum Gasteiger partial charge on any atom is 0.223 e. The number of likely N-dealkylation sites (N-methyl/N-ethyl adjacent to an activating group) is 1. The summed E-state index contributed by atoms with van der Waals surface area (Å²) in [5.41, 5.74) is 1.66. The molecule has 1 unspecified atom stereocenters. The highest BCUT2D eigenvalue weighted by Crippen LogP contribution is 2.40. The average Bonchev–Trinajstić information content (AvgIpc) is 2.83. The molecule has 4 nitrogen and oxygen atoms in total. The fourth-order valence-electron chi connectivity index (χ4n) is 3.24. The fourth-order valence-corrected chi connectivity index (χ4v) is 3.24. The van der Waals surface area contributed by atoms with Crippen molar-refractivity contribution in [3.63, 3.8) is 0 Å². The lowest BCUT2D eigenvalue weighted by Crippen LogP contribution is -2.36. The Morgan fingerprint density at radius 2 is 1.86 bits per heavy atom. The molecule has 1 aliphatic heterocycles. The van der Waals surface area contributed by atoms with Crippen LogP contribution in [0.4, 0.5) is 0 Å². The van der Waals surface area contributed by atoms with E-state index in [0.717, 1.165) is 5.56 Å². The van der Waals surface area contributed by atoms with Gasteiger partial charge in [-0.15, -0.1) is 0 Å². The Bertz CT molecular complexity index is 671. The van der Waals surface area contributed by atoms with Crippen LogP contribution in [0.1, 0.15) is 29.6 Å². The van der Waals surface area contributed by atoms with Gasteiger partial charge < -0.3 is 15.1 Å². The lowest BCUT2D eigenvalue weighted by Gasteiger charge is -2.30. The van der Waals surface area contributed by atoms with E-state index in [1.807, 2.05) is 30.3 Å². The number of phenols is 1. The summed E-state index contributed by atoms with van der Waals surface area (Å²) in [4.78, 5) is 13.8. The van der Waals surface area contributed by atoms with Gasteiger partial charge in [-0.3, -0.25) is 4.79 Å². The number of hydrogen-bond donors (Lipinski definition) is 2. The first-order valence-electron chi connectivity index (χ1n) is 7.35. The van der Waals surface area contributed by atoms with Gasteiger partial charge in [0.2, 0.25) is 5.91 Å². The number of rotatable bonds is 3. The summed E-state index contributed by atoms with van der Waals surface area (Å²) in [6.45, 7) is 0. The zero-order chi connectivity index (χ0) is 15.7. The number of nitrogens with zero attached hydrogens (tertiary/aromatic N) is 1. The summed E-state index contributed by atoms with van der Waals surface area (Å²) in [6, 6.07) is 16.0. The number of carbonyl (C=O) groups excluding carboxylic acids is 1. The number of aliphatic hydroxyl groups excluding tert-OH is 1. The van der Waals surface area contributed by atoms with Crippen molar-refractivity contribution in [1.29, 1.82) is 0 Å². The molecule has 22 heavy (non-hydrogen) atoms. The van der Waals surface area contributed by atoms with Crippen LogP contribution in [0.5, 0.6) is 5.75 Å². The molecule has 4 heteroatoms. The predicted molar refractivity (Wildman–Crippen MR) is 83.4 cm³/mol. The minimum Gasteiger partial charge on any atom is -0.508 e. The molecule has 0 aliphatic carbocycles. The van der Waals surface area contributed by atoms with Gasteiger partial charge in [-0.1, -0.05) is 42.5 Å². The lowest BCUT2D eigenvalue weighted by molar-refractivity contribution is -0.128. The standard InChI is InChI=1S/C18H19NO3/c1-19-16(21)11-15(12-6-3-2-4-7-12)17(19)18(22)13-8-5-9-14(20)10-13/h2-10,15,17-18,20,22H,11H2,1H3/t15-,17-,18?/m0/s1. The Balaban J connectivity index is 1.96. The molecule has 1 aliphatic rings. The van der Waals surface area contributed by atoms with Crippen molar-refractivity contribution in [2.24, 2.45) is 0 Å². The monoisotopic (exact) mass is 297 g/mol. The van der Waals surface area contributed by atoms with Crippen molar-refractivity contribution >= 4 is 5.91 Å². The topological polar surface area (TPSA) is 60.8 Å². The smallest absolute Gasteiger partial charge is 0.223 e. The summed E-state index contributed by atoms with van der Waals surface area (Å²) in [5, 5.41) is 20.4. The second-order valence-electron chi connectivity index (χ2n) is 5.76. The van der Waals surface area contributed by atoms with Crippen molar-refractivity contribution in [3.8, 4) is 5.75 Å². The van der Waals surface area contributed by atoms with Gasteiger partial charge in [0, 0.05) is 19.4 Å². The van der Waals surface area contributed by atoms with Crippen LogP contribution in [-0.4, -0.2) is 34.1 Å². The number of carbonyl (C=O) groups is 1. The van der Waals surface area contributed by atoms with Crippen LogP contribution in [0.25, 0.3) is 0 Å². The van der Waals surface area contributed by atoms with Crippen LogP contribution in [0, 0.1) is 0 Å². The second-order valence-corrected chi connectivity index (χ2v) is 5.76. The van der Waals surface area contributed by atoms with Gasteiger partial charge in [0.05, 0.1) is 6.04 Å². The summed E-state index contributed by atoms with van der Waals surface area (Å²) >= 11 is 0. The Labute approximate surface area is 129 Å². The Morgan fingerprint density at radius 3 is 2.55 bits per heavy atom. The molecule has 1 heterocycles. The van der Waals surface area contributed by atoms with Gasteiger partial charge in [0.15, 0.2) is 0 Å². The van der Waals surface area contributed by atoms with E-state index in [0.29, 0.717) is 12.0 Å². The minimum absolute atomic E-state index is 0.0260. The highest BCUT2D eigenvalue weighted by Gasteiger charge is 2.42. The van der Waals surface area contributed by atoms with Gasteiger partial charge in [0.25, 0.3) is 0 Å². The van der Waals surface area contributed by atoms with E-state index in [1.165, 1.54) is 0 Å². The molecular weight excluding hydrogens is 278 g/mol. The van der Waals surface area contributed by atoms with E-state index in [2.05, 4.69) is 0 Å². The molecular formula is C18H19NO3. The lowest BCUT2D eigenvalue weighted by atomic mass is 9.86. The first-order chi connectivity index (χ1) is 10.6. The summed E-state index contributed by atoms with van der Waals surface area (Å²) in [5.74, 6) is 0.0777. The fraction of sp³-hybridized carbons (Fsp3) is 0.278. The maximum absolute atomic E-state index is 12.1. The number of aliphatic hydroxyl groups is 1. The maximum atomic E-state index is 12.1. The summed E-state index contributed by atoms with van der Waals surface area (Å²) in [7, 11) is 1.72. The molecule has 0 aromatic heterocycles. The SMILES string of the molecule is CN1C(=O)C[C@@H](c2ccccc2)[C@H]1C(O)c1cccc(O)c1. The van der Waals surface area contributed by atoms with E-state index in [4.69, 9.17) is 0 Å². The second kappa shape index (κ2) is 5.81. The van der Waals surface area contributed by atoms with Crippen LogP contribution in [0.2, 0.25) is 0 Å². The molecule has 1 fully saturated rings. The summed E-state index contributed by atoms with van der Waals surface area (Å²) < 4.78 is 0. The van der Waals surface area contributed by atoms with Gasteiger partial charge in [-0.2, -0.15) is 0 Å². The molecule has 1 saturated heterocycles. The molecule has 2 aromatic rings. The Hall–Kier alpha value is -2.33. The van der Waals surface area contributed by atoms with Crippen LogP contribution < -0.4 is 0 Å².